The van der Waals surface area contributed by atoms with E-state index < -0.39 is 34.2 Å². The third kappa shape index (κ3) is 2.81. The van der Waals surface area contributed by atoms with Gasteiger partial charge in [0.1, 0.15) is 5.82 Å². The van der Waals surface area contributed by atoms with Crippen molar-refractivity contribution >= 4 is 23.1 Å². The molecule has 3 rings (SSSR count). The van der Waals surface area contributed by atoms with Gasteiger partial charge in [0, 0.05) is 17.8 Å². The number of Topliss-reactive ketones (excluding diaryl/α,β-unsaturated/α-hetero) is 1. The van der Waals surface area contributed by atoms with E-state index in [1.54, 1.807) is 0 Å². The third-order valence-corrected chi connectivity index (χ3v) is 4.11. The summed E-state index contributed by atoms with van der Waals surface area (Å²) in [5.74, 6) is -2.50. The number of halogens is 1. The first kappa shape index (κ1) is 17.3. The number of carbonyl (C=O) groups is 2. The molecule has 2 aromatic rings. The average molecular weight is 356 g/mol. The molecular formula is C18H13FN2O5. The summed E-state index contributed by atoms with van der Waals surface area (Å²) in [6, 6.07) is 9.35. The number of carbonyl (C=O) groups excluding carboxylic acids is 2. The van der Waals surface area contributed by atoms with E-state index in [1.165, 1.54) is 43.3 Å². The maximum atomic E-state index is 13.2. The van der Waals surface area contributed by atoms with Crippen LogP contribution in [0.5, 0.6) is 0 Å². The number of nitrogens with zero attached hydrogens (tertiary/aromatic N) is 2. The van der Waals surface area contributed by atoms with E-state index in [1.807, 2.05) is 0 Å². The van der Waals surface area contributed by atoms with E-state index in [9.17, 15) is 29.2 Å². The van der Waals surface area contributed by atoms with Gasteiger partial charge in [0.05, 0.1) is 16.5 Å². The van der Waals surface area contributed by atoms with E-state index in [0.29, 0.717) is 5.56 Å². The standard InChI is InChI=1S/C18H13FN2O5/c1-10(22)15-16(11-2-6-14(7-3-11)21(25)26)20(18(24)17(15)23)13-8-4-12(19)5-9-13/h2-9,16,23H,1H3/t16-/m1/s1. The van der Waals surface area contributed by atoms with Crippen LogP contribution >= 0.6 is 0 Å². The van der Waals surface area contributed by atoms with Crippen molar-refractivity contribution in [2.24, 2.45) is 0 Å². The summed E-state index contributed by atoms with van der Waals surface area (Å²) >= 11 is 0. The van der Waals surface area contributed by atoms with Crippen molar-refractivity contribution in [2.75, 3.05) is 4.90 Å². The van der Waals surface area contributed by atoms with E-state index in [4.69, 9.17) is 0 Å². The number of aliphatic hydroxyl groups excluding tert-OH is 1. The molecule has 1 N–H and O–H groups in total. The molecule has 2 aromatic carbocycles. The van der Waals surface area contributed by atoms with Crippen molar-refractivity contribution in [3.8, 4) is 0 Å². The molecular weight excluding hydrogens is 343 g/mol. The topological polar surface area (TPSA) is 101 Å². The van der Waals surface area contributed by atoms with Gasteiger partial charge in [-0.15, -0.1) is 0 Å². The number of hydrogen-bond acceptors (Lipinski definition) is 5. The van der Waals surface area contributed by atoms with Crippen LogP contribution in [0.3, 0.4) is 0 Å². The van der Waals surface area contributed by atoms with Crippen LogP contribution in [-0.4, -0.2) is 21.7 Å². The first-order valence-electron chi connectivity index (χ1n) is 7.59. The Labute approximate surface area is 147 Å². The van der Waals surface area contributed by atoms with Crippen molar-refractivity contribution in [3.05, 3.63) is 81.4 Å². The van der Waals surface area contributed by atoms with Gasteiger partial charge < -0.3 is 5.11 Å². The Morgan fingerprint density at radius 1 is 1.15 bits per heavy atom. The van der Waals surface area contributed by atoms with Crippen LogP contribution in [0.4, 0.5) is 15.8 Å². The second kappa shape index (κ2) is 6.40. The summed E-state index contributed by atoms with van der Waals surface area (Å²) in [7, 11) is 0. The molecule has 1 aliphatic heterocycles. The minimum atomic E-state index is -0.966. The average Bonchev–Trinajstić information content (AvgIpc) is 2.87. The molecule has 0 bridgehead atoms. The molecule has 0 aliphatic carbocycles. The fraction of sp³-hybridized carbons (Fsp3) is 0.111. The molecule has 0 saturated heterocycles. The third-order valence-electron chi connectivity index (χ3n) is 4.11. The molecule has 0 unspecified atom stereocenters. The molecule has 1 amide bonds. The van der Waals surface area contributed by atoms with Crippen LogP contribution in [-0.2, 0) is 9.59 Å². The normalized spacial score (nSPS) is 16.9. The molecule has 26 heavy (non-hydrogen) atoms. The number of rotatable bonds is 4. The van der Waals surface area contributed by atoms with E-state index in [-0.39, 0.29) is 16.9 Å². The first-order chi connectivity index (χ1) is 12.3. The smallest absolute Gasteiger partial charge is 0.294 e. The highest BCUT2D eigenvalue weighted by Crippen LogP contribution is 2.41. The second-order valence-electron chi connectivity index (χ2n) is 5.72. The van der Waals surface area contributed by atoms with Crippen molar-refractivity contribution in [1.82, 2.24) is 0 Å². The van der Waals surface area contributed by atoms with Gasteiger partial charge in [-0.3, -0.25) is 24.6 Å². The fourth-order valence-electron chi connectivity index (χ4n) is 2.93. The fourth-order valence-corrected chi connectivity index (χ4v) is 2.93. The highest BCUT2D eigenvalue weighted by molar-refractivity contribution is 6.16. The van der Waals surface area contributed by atoms with Crippen LogP contribution in [0.2, 0.25) is 0 Å². The Morgan fingerprint density at radius 3 is 2.23 bits per heavy atom. The van der Waals surface area contributed by atoms with Crippen LogP contribution in [0, 0.1) is 15.9 Å². The Morgan fingerprint density at radius 2 is 1.73 bits per heavy atom. The van der Waals surface area contributed by atoms with E-state index >= 15 is 0 Å². The number of hydrogen-bond donors (Lipinski definition) is 1. The van der Waals surface area contributed by atoms with Gasteiger partial charge >= 0.3 is 0 Å². The van der Waals surface area contributed by atoms with Gasteiger partial charge in [0.2, 0.25) is 0 Å². The lowest BCUT2D eigenvalue weighted by Crippen LogP contribution is -2.30. The summed E-state index contributed by atoms with van der Waals surface area (Å²) in [6.07, 6.45) is 0. The number of ketones is 1. The van der Waals surface area contributed by atoms with Gasteiger partial charge in [-0.05, 0) is 48.9 Å². The maximum absolute atomic E-state index is 13.2. The largest absolute Gasteiger partial charge is 0.503 e. The Balaban J connectivity index is 2.14. The molecule has 0 aromatic heterocycles. The quantitative estimate of drug-likeness (QED) is 0.669. The molecule has 132 valence electrons. The minimum absolute atomic E-state index is 0.117. The Kier molecular flexibility index (Phi) is 4.25. The highest BCUT2D eigenvalue weighted by atomic mass is 19.1. The molecule has 7 nitrogen and oxygen atoms in total. The van der Waals surface area contributed by atoms with Gasteiger partial charge in [-0.25, -0.2) is 4.39 Å². The molecule has 1 atom stereocenters. The molecule has 0 spiro atoms. The highest BCUT2D eigenvalue weighted by Gasteiger charge is 2.43. The number of nitro benzene ring substituents is 1. The van der Waals surface area contributed by atoms with Crippen LogP contribution in [0.15, 0.2) is 59.9 Å². The summed E-state index contributed by atoms with van der Waals surface area (Å²) in [5.41, 5.74) is 0.419. The van der Waals surface area contributed by atoms with E-state index in [2.05, 4.69) is 0 Å². The summed E-state index contributed by atoms with van der Waals surface area (Å²) in [6.45, 7) is 1.21. The van der Waals surface area contributed by atoms with Crippen molar-refractivity contribution in [2.45, 2.75) is 13.0 Å². The predicted octanol–water partition coefficient (Wildman–Crippen LogP) is 3.22. The Hall–Kier alpha value is -3.55. The summed E-state index contributed by atoms with van der Waals surface area (Å²) in [5, 5.41) is 21.0. The minimum Gasteiger partial charge on any atom is -0.503 e. The second-order valence-corrected chi connectivity index (χ2v) is 5.72. The lowest BCUT2D eigenvalue weighted by molar-refractivity contribution is -0.384. The van der Waals surface area contributed by atoms with E-state index in [0.717, 1.165) is 17.0 Å². The maximum Gasteiger partial charge on any atom is 0.294 e. The van der Waals surface area contributed by atoms with Crippen molar-refractivity contribution in [3.63, 3.8) is 0 Å². The number of non-ortho nitro benzene ring substituents is 1. The zero-order valence-electron chi connectivity index (χ0n) is 13.5. The van der Waals surface area contributed by atoms with Gasteiger partial charge in [-0.2, -0.15) is 0 Å². The number of nitro groups is 1. The molecule has 1 heterocycles. The summed E-state index contributed by atoms with van der Waals surface area (Å²) in [4.78, 5) is 36.0. The zero-order valence-corrected chi connectivity index (χ0v) is 13.5. The van der Waals surface area contributed by atoms with Crippen molar-refractivity contribution < 1.29 is 24.0 Å². The number of anilines is 1. The Bertz CT molecular complexity index is 935. The monoisotopic (exact) mass is 356 g/mol. The lowest BCUT2D eigenvalue weighted by Gasteiger charge is -2.26. The van der Waals surface area contributed by atoms with Gasteiger partial charge in [0.25, 0.3) is 11.6 Å². The molecule has 8 heteroatoms. The number of aliphatic hydroxyl groups is 1. The van der Waals surface area contributed by atoms with Crippen LogP contribution in [0.25, 0.3) is 0 Å². The SMILES string of the molecule is CC(=O)C1=C(O)C(=O)N(c2ccc(F)cc2)[C@@H]1c1ccc([N+](=O)[O-])cc1. The molecule has 0 radical (unpaired) electrons. The first-order valence-corrected chi connectivity index (χ1v) is 7.59. The van der Waals surface area contributed by atoms with Gasteiger partial charge in [0.15, 0.2) is 11.5 Å². The lowest BCUT2D eigenvalue weighted by atomic mass is 9.96. The van der Waals surface area contributed by atoms with Gasteiger partial charge in [-0.1, -0.05) is 0 Å². The summed E-state index contributed by atoms with van der Waals surface area (Å²) < 4.78 is 13.2. The number of benzene rings is 2. The van der Waals surface area contributed by atoms with Crippen LogP contribution < -0.4 is 4.90 Å². The number of amides is 1. The molecule has 0 fully saturated rings. The molecule has 0 saturated carbocycles. The van der Waals surface area contributed by atoms with Crippen LogP contribution in [0.1, 0.15) is 18.5 Å². The molecule has 1 aliphatic rings. The zero-order chi connectivity index (χ0) is 19.0. The van der Waals surface area contributed by atoms with Crippen molar-refractivity contribution in [1.29, 1.82) is 0 Å². The predicted molar refractivity (Wildman–Crippen MR) is 90.1 cm³/mol.